The van der Waals surface area contributed by atoms with Gasteiger partial charge in [0.2, 0.25) is 0 Å². The summed E-state index contributed by atoms with van der Waals surface area (Å²) in [6.45, 7) is 5.52. The minimum absolute atomic E-state index is 0.0303. The Morgan fingerprint density at radius 2 is 1.83 bits per heavy atom. The average Bonchev–Trinajstić information content (AvgIpc) is 3.11. The van der Waals surface area contributed by atoms with Crippen molar-refractivity contribution >= 4 is 12.0 Å². The number of hydrogen-bond acceptors (Lipinski definition) is 2. The SMILES string of the molecule is CCCN(CCC)C(=O)NC(CC(=O)O)C1CC1. The predicted molar refractivity (Wildman–Crippen MR) is 69.5 cm³/mol. The van der Waals surface area contributed by atoms with Crippen LogP contribution in [0.25, 0.3) is 0 Å². The molecule has 0 aromatic heterocycles. The molecule has 2 amide bonds. The van der Waals surface area contributed by atoms with Crippen LogP contribution in [0.3, 0.4) is 0 Å². The summed E-state index contributed by atoms with van der Waals surface area (Å²) in [6, 6.07) is -0.317. The second kappa shape index (κ2) is 7.24. The van der Waals surface area contributed by atoms with Gasteiger partial charge in [-0.1, -0.05) is 13.8 Å². The van der Waals surface area contributed by atoms with Crippen LogP contribution >= 0.6 is 0 Å². The van der Waals surface area contributed by atoms with Crippen molar-refractivity contribution in [1.29, 1.82) is 0 Å². The number of nitrogens with zero attached hydrogens (tertiary/aromatic N) is 1. The molecule has 0 saturated heterocycles. The lowest BCUT2D eigenvalue weighted by Crippen LogP contribution is -2.47. The molecule has 1 unspecified atom stereocenters. The number of urea groups is 1. The van der Waals surface area contributed by atoms with Crippen molar-refractivity contribution in [2.45, 2.75) is 52.0 Å². The van der Waals surface area contributed by atoms with Crippen molar-refractivity contribution in [2.24, 2.45) is 5.92 Å². The monoisotopic (exact) mass is 256 g/mol. The third-order valence-corrected chi connectivity index (χ3v) is 3.17. The molecule has 1 aliphatic rings. The molecule has 1 atom stereocenters. The molecule has 1 fully saturated rings. The van der Waals surface area contributed by atoms with Crippen LogP contribution in [0.2, 0.25) is 0 Å². The van der Waals surface area contributed by atoms with Crippen molar-refractivity contribution in [1.82, 2.24) is 10.2 Å². The number of rotatable bonds is 8. The summed E-state index contributed by atoms with van der Waals surface area (Å²) in [4.78, 5) is 24.6. The maximum Gasteiger partial charge on any atom is 0.317 e. The quantitative estimate of drug-likeness (QED) is 0.698. The van der Waals surface area contributed by atoms with Gasteiger partial charge in [0.25, 0.3) is 0 Å². The van der Waals surface area contributed by atoms with E-state index in [4.69, 9.17) is 5.11 Å². The molecular formula is C13H24N2O3. The summed E-state index contributed by atoms with van der Waals surface area (Å²) in [5, 5.41) is 11.7. The van der Waals surface area contributed by atoms with Crippen LogP contribution in [0.5, 0.6) is 0 Å². The first kappa shape index (κ1) is 14.8. The molecule has 5 nitrogen and oxygen atoms in total. The van der Waals surface area contributed by atoms with Crippen molar-refractivity contribution in [3.8, 4) is 0 Å². The number of carbonyl (C=O) groups is 2. The van der Waals surface area contributed by atoms with Gasteiger partial charge in [-0.3, -0.25) is 4.79 Å². The fourth-order valence-corrected chi connectivity index (χ4v) is 2.13. The van der Waals surface area contributed by atoms with E-state index in [-0.39, 0.29) is 18.5 Å². The molecule has 1 aliphatic carbocycles. The van der Waals surface area contributed by atoms with Gasteiger partial charge in [-0.05, 0) is 31.6 Å². The average molecular weight is 256 g/mol. The topological polar surface area (TPSA) is 69.6 Å². The van der Waals surface area contributed by atoms with Gasteiger partial charge in [-0.15, -0.1) is 0 Å². The summed E-state index contributed by atoms with van der Waals surface area (Å²) in [6.07, 6.45) is 3.92. The van der Waals surface area contributed by atoms with E-state index in [1.165, 1.54) is 0 Å². The highest BCUT2D eigenvalue weighted by atomic mass is 16.4. The number of hydrogen-bond donors (Lipinski definition) is 2. The molecule has 0 radical (unpaired) electrons. The van der Waals surface area contributed by atoms with Crippen LogP contribution in [0.1, 0.15) is 46.0 Å². The normalized spacial score (nSPS) is 16.1. The van der Waals surface area contributed by atoms with Crippen LogP contribution in [0, 0.1) is 5.92 Å². The van der Waals surface area contributed by atoms with Crippen molar-refractivity contribution in [3.63, 3.8) is 0 Å². The van der Waals surface area contributed by atoms with E-state index in [0.717, 1.165) is 38.8 Å². The lowest BCUT2D eigenvalue weighted by atomic mass is 10.1. The zero-order chi connectivity index (χ0) is 13.5. The first-order valence-electron chi connectivity index (χ1n) is 6.85. The highest BCUT2D eigenvalue weighted by Crippen LogP contribution is 2.34. The molecule has 5 heteroatoms. The first-order valence-corrected chi connectivity index (χ1v) is 6.85. The Hall–Kier alpha value is -1.26. The highest BCUT2D eigenvalue weighted by Gasteiger charge is 2.34. The Kier molecular flexibility index (Phi) is 5.95. The summed E-state index contributed by atoms with van der Waals surface area (Å²) < 4.78 is 0. The Morgan fingerprint density at radius 3 is 2.22 bits per heavy atom. The number of carbonyl (C=O) groups excluding carboxylic acids is 1. The van der Waals surface area contributed by atoms with E-state index >= 15 is 0 Å². The largest absolute Gasteiger partial charge is 0.481 e. The van der Waals surface area contributed by atoms with E-state index in [2.05, 4.69) is 5.32 Å². The number of carboxylic acid groups (broad SMARTS) is 1. The molecule has 0 aromatic rings. The van der Waals surface area contributed by atoms with E-state index < -0.39 is 5.97 Å². The van der Waals surface area contributed by atoms with Gasteiger partial charge in [-0.25, -0.2) is 4.79 Å². The number of aliphatic carboxylic acids is 1. The molecule has 0 bridgehead atoms. The zero-order valence-corrected chi connectivity index (χ0v) is 11.3. The van der Waals surface area contributed by atoms with Crippen LogP contribution in [-0.4, -0.2) is 41.1 Å². The van der Waals surface area contributed by atoms with Crippen molar-refractivity contribution in [3.05, 3.63) is 0 Å². The predicted octanol–water partition coefficient (Wildman–Crippen LogP) is 2.07. The molecule has 2 N–H and O–H groups in total. The molecular weight excluding hydrogens is 232 g/mol. The van der Waals surface area contributed by atoms with Crippen molar-refractivity contribution in [2.75, 3.05) is 13.1 Å². The molecule has 0 aromatic carbocycles. The summed E-state index contributed by atoms with van der Waals surface area (Å²) in [7, 11) is 0. The summed E-state index contributed by atoms with van der Waals surface area (Å²) in [5.41, 5.74) is 0. The standard InChI is InChI=1S/C13H24N2O3/c1-3-7-15(8-4-2)13(18)14-11(9-12(16)17)10-5-6-10/h10-11H,3-9H2,1-2H3,(H,14,18)(H,16,17). The number of amides is 2. The highest BCUT2D eigenvalue weighted by molar-refractivity contribution is 5.76. The van der Waals surface area contributed by atoms with Crippen LogP contribution in [-0.2, 0) is 4.79 Å². The third-order valence-electron chi connectivity index (χ3n) is 3.17. The van der Waals surface area contributed by atoms with Crippen LogP contribution < -0.4 is 5.32 Å². The van der Waals surface area contributed by atoms with Gasteiger partial charge in [0.05, 0.1) is 6.42 Å². The van der Waals surface area contributed by atoms with Gasteiger partial charge in [0, 0.05) is 19.1 Å². The number of nitrogens with one attached hydrogen (secondary N) is 1. The van der Waals surface area contributed by atoms with E-state index in [1.807, 2.05) is 13.8 Å². The van der Waals surface area contributed by atoms with Crippen molar-refractivity contribution < 1.29 is 14.7 Å². The van der Waals surface area contributed by atoms with Crippen LogP contribution in [0.4, 0.5) is 4.79 Å². The van der Waals surface area contributed by atoms with Gasteiger partial charge >= 0.3 is 12.0 Å². The fraction of sp³-hybridized carbons (Fsp3) is 0.846. The molecule has 1 saturated carbocycles. The first-order chi connectivity index (χ1) is 8.58. The van der Waals surface area contributed by atoms with Gasteiger partial charge in [0.1, 0.15) is 0 Å². The van der Waals surface area contributed by atoms with Gasteiger partial charge in [-0.2, -0.15) is 0 Å². The van der Waals surface area contributed by atoms with Gasteiger partial charge < -0.3 is 15.3 Å². The molecule has 0 heterocycles. The lowest BCUT2D eigenvalue weighted by molar-refractivity contribution is -0.137. The van der Waals surface area contributed by atoms with E-state index in [0.29, 0.717) is 5.92 Å². The molecule has 18 heavy (non-hydrogen) atoms. The third kappa shape index (κ3) is 4.94. The number of carboxylic acids is 1. The Labute approximate surface area is 109 Å². The maximum atomic E-state index is 12.1. The Morgan fingerprint density at radius 1 is 1.28 bits per heavy atom. The molecule has 104 valence electrons. The minimum atomic E-state index is -0.843. The molecule has 0 aliphatic heterocycles. The maximum absolute atomic E-state index is 12.1. The smallest absolute Gasteiger partial charge is 0.317 e. The summed E-state index contributed by atoms with van der Waals surface area (Å²) >= 11 is 0. The lowest BCUT2D eigenvalue weighted by Gasteiger charge is -2.25. The molecule has 0 spiro atoms. The Balaban J connectivity index is 2.49. The second-order valence-corrected chi connectivity index (χ2v) is 4.98. The molecule has 1 rings (SSSR count). The Bertz CT molecular complexity index is 284. The van der Waals surface area contributed by atoms with E-state index in [9.17, 15) is 9.59 Å². The minimum Gasteiger partial charge on any atom is -0.481 e. The summed E-state index contributed by atoms with van der Waals surface area (Å²) in [5.74, 6) is -0.486. The van der Waals surface area contributed by atoms with Crippen LogP contribution in [0.15, 0.2) is 0 Å². The fourth-order valence-electron chi connectivity index (χ4n) is 2.13. The second-order valence-electron chi connectivity index (χ2n) is 4.98. The zero-order valence-electron chi connectivity index (χ0n) is 11.3. The van der Waals surface area contributed by atoms with E-state index in [1.54, 1.807) is 4.90 Å². The van der Waals surface area contributed by atoms with Gasteiger partial charge in [0.15, 0.2) is 0 Å².